The number of aliphatic carboxylic acids is 1. The molecule has 1 fully saturated rings. The summed E-state index contributed by atoms with van der Waals surface area (Å²) in [5, 5.41) is 24.1. The fourth-order valence-corrected chi connectivity index (χ4v) is 6.60. The predicted molar refractivity (Wildman–Crippen MR) is 164 cm³/mol. The van der Waals surface area contributed by atoms with Crippen LogP contribution in [-0.2, 0) is 39.5 Å². The monoisotopic (exact) mass is 618 g/mol. The molecule has 5 heterocycles. The van der Waals surface area contributed by atoms with Crippen molar-refractivity contribution in [1.29, 1.82) is 0 Å². The first kappa shape index (κ1) is 30.7. The van der Waals surface area contributed by atoms with E-state index in [-0.39, 0.29) is 48.7 Å². The molecule has 3 aromatic rings. The van der Waals surface area contributed by atoms with Crippen LogP contribution in [-0.4, -0.2) is 68.4 Å². The van der Waals surface area contributed by atoms with E-state index < -0.39 is 23.6 Å². The molecule has 0 spiro atoms. The Labute approximate surface area is 260 Å². The number of carbonyl (C=O) groups is 3. The van der Waals surface area contributed by atoms with Crippen molar-refractivity contribution in [3.8, 4) is 17.1 Å². The van der Waals surface area contributed by atoms with Crippen LogP contribution in [0.2, 0.25) is 0 Å². The maximum atomic E-state index is 13.6. The van der Waals surface area contributed by atoms with Gasteiger partial charge in [0.25, 0.3) is 5.56 Å². The Hall–Kier alpha value is -4.29. The van der Waals surface area contributed by atoms with Crippen molar-refractivity contribution in [3.63, 3.8) is 0 Å². The number of amides is 1. The molecule has 1 amide bonds. The molecular formula is C33H38N4O8. The number of aryl methyl sites for hydroxylation is 1. The summed E-state index contributed by atoms with van der Waals surface area (Å²) in [5.41, 5.74) is 1.81. The molecule has 1 aromatic carbocycles. The Kier molecular flexibility index (Phi) is 8.36. The van der Waals surface area contributed by atoms with Gasteiger partial charge in [-0.15, -0.1) is 0 Å². The second kappa shape index (κ2) is 12.2. The SMILES string of the molecule is CCc1ccc(OC(=O)N2CCC(NCCCCC(=O)O)CC2)c2cc3c(nc12)-c1cc2c(c(=O)n1C3)COC(=O)[C@]2(O)CC. The van der Waals surface area contributed by atoms with E-state index in [1.807, 2.05) is 19.1 Å². The molecule has 1 saturated heterocycles. The van der Waals surface area contributed by atoms with Gasteiger partial charge in [-0.3, -0.25) is 9.59 Å². The number of pyridine rings is 2. The number of likely N-dealkylation sites (tertiary alicyclic amines) is 1. The van der Waals surface area contributed by atoms with E-state index in [4.69, 9.17) is 19.6 Å². The van der Waals surface area contributed by atoms with Crippen LogP contribution in [0.3, 0.4) is 0 Å². The van der Waals surface area contributed by atoms with Crippen LogP contribution >= 0.6 is 0 Å². The number of unbranched alkanes of at least 4 members (excludes halogenated alkanes) is 1. The minimum atomic E-state index is -1.90. The average molecular weight is 619 g/mol. The number of carbonyl (C=O) groups excluding carboxylic acids is 2. The molecule has 1 atom stereocenters. The molecule has 0 bridgehead atoms. The van der Waals surface area contributed by atoms with E-state index in [9.17, 15) is 24.3 Å². The van der Waals surface area contributed by atoms with Crippen molar-refractivity contribution >= 4 is 28.9 Å². The van der Waals surface area contributed by atoms with Gasteiger partial charge in [0, 0.05) is 42.1 Å². The summed E-state index contributed by atoms with van der Waals surface area (Å²) in [6.07, 6.45) is 3.48. The third kappa shape index (κ3) is 5.57. The first-order chi connectivity index (χ1) is 21.6. The fourth-order valence-electron chi connectivity index (χ4n) is 6.60. The lowest BCUT2D eigenvalue weighted by atomic mass is 9.86. The van der Waals surface area contributed by atoms with Crippen molar-refractivity contribution in [1.82, 2.24) is 19.8 Å². The highest BCUT2D eigenvalue weighted by Crippen LogP contribution is 2.40. The number of ether oxygens (including phenoxy) is 2. The summed E-state index contributed by atoms with van der Waals surface area (Å²) >= 11 is 0. The minimum absolute atomic E-state index is 0.0667. The van der Waals surface area contributed by atoms with Gasteiger partial charge in [-0.25, -0.2) is 14.6 Å². The molecule has 3 aliphatic heterocycles. The number of benzene rings is 1. The molecule has 6 rings (SSSR count). The van der Waals surface area contributed by atoms with E-state index in [2.05, 4.69) is 5.32 Å². The Balaban J connectivity index is 1.23. The zero-order chi connectivity index (χ0) is 31.9. The summed E-state index contributed by atoms with van der Waals surface area (Å²) in [7, 11) is 0. The average Bonchev–Trinajstić information content (AvgIpc) is 3.40. The number of fused-ring (bicyclic) bond motifs is 5. The number of carboxylic acids is 1. The van der Waals surface area contributed by atoms with E-state index in [0.717, 1.165) is 36.9 Å². The van der Waals surface area contributed by atoms with Gasteiger partial charge >= 0.3 is 18.0 Å². The third-order valence-electron chi connectivity index (χ3n) is 9.30. The van der Waals surface area contributed by atoms with E-state index in [0.29, 0.717) is 54.0 Å². The Morgan fingerprint density at radius 1 is 1.16 bits per heavy atom. The highest BCUT2D eigenvalue weighted by Gasteiger charge is 2.45. The molecule has 3 N–H and O–H groups in total. The van der Waals surface area contributed by atoms with Crippen LogP contribution < -0.4 is 15.6 Å². The number of carboxylic acid groups (broad SMARTS) is 1. The van der Waals surface area contributed by atoms with Crippen molar-refractivity contribution in [3.05, 3.63) is 56.9 Å². The van der Waals surface area contributed by atoms with Crippen molar-refractivity contribution < 1.29 is 34.1 Å². The van der Waals surface area contributed by atoms with E-state index in [1.165, 1.54) is 0 Å². The van der Waals surface area contributed by atoms with Gasteiger partial charge in [0.15, 0.2) is 5.60 Å². The molecule has 2 aromatic heterocycles. The molecule has 3 aliphatic rings. The lowest BCUT2D eigenvalue weighted by molar-refractivity contribution is -0.172. The maximum Gasteiger partial charge on any atom is 0.415 e. The smallest absolute Gasteiger partial charge is 0.415 e. The first-order valence-corrected chi connectivity index (χ1v) is 15.7. The Morgan fingerprint density at radius 3 is 2.64 bits per heavy atom. The molecule has 45 heavy (non-hydrogen) atoms. The largest absolute Gasteiger partial charge is 0.481 e. The first-order valence-electron chi connectivity index (χ1n) is 15.7. The van der Waals surface area contributed by atoms with Gasteiger partial charge in [-0.2, -0.15) is 0 Å². The molecule has 0 unspecified atom stereocenters. The topological polar surface area (TPSA) is 160 Å². The molecule has 0 radical (unpaired) electrons. The fraction of sp³-hybridized carbons (Fsp3) is 0.485. The number of aromatic nitrogens is 2. The van der Waals surface area contributed by atoms with E-state index in [1.54, 1.807) is 28.5 Å². The van der Waals surface area contributed by atoms with Crippen molar-refractivity contribution in [2.45, 2.75) is 83.6 Å². The van der Waals surface area contributed by atoms with Gasteiger partial charge in [-0.05, 0) is 68.8 Å². The van der Waals surface area contributed by atoms with Gasteiger partial charge < -0.3 is 34.5 Å². The summed E-state index contributed by atoms with van der Waals surface area (Å²) in [6, 6.07) is 7.56. The number of hydrogen-bond acceptors (Lipinski definition) is 9. The van der Waals surface area contributed by atoms with E-state index >= 15 is 0 Å². The number of nitrogens with one attached hydrogen (secondary N) is 1. The van der Waals surface area contributed by atoms with Gasteiger partial charge in [0.2, 0.25) is 0 Å². The molecule has 0 saturated carbocycles. The lowest BCUT2D eigenvalue weighted by Crippen LogP contribution is -2.46. The number of esters is 1. The maximum absolute atomic E-state index is 13.6. The summed E-state index contributed by atoms with van der Waals surface area (Å²) < 4.78 is 12.7. The normalized spacial score (nSPS) is 19.2. The van der Waals surface area contributed by atoms with Gasteiger partial charge in [0.1, 0.15) is 12.4 Å². The van der Waals surface area contributed by atoms with Crippen molar-refractivity contribution in [2.75, 3.05) is 19.6 Å². The highest BCUT2D eigenvalue weighted by molar-refractivity contribution is 5.93. The summed E-state index contributed by atoms with van der Waals surface area (Å²) in [4.78, 5) is 56.7. The molecule has 238 valence electrons. The highest BCUT2D eigenvalue weighted by atomic mass is 16.6. The van der Waals surface area contributed by atoms with Crippen LogP contribution in [0, 0.1) is 0 Å². The number of nitrogens with zero attached hydrogens (tertiary/aromatic N) is 3. The van der Waals surface area contributed by atoms with Gasteiger partial charge in [-0.1, -0.05) is 19.9 Å². The Morgan fingerprint density at radius 2 is 1.93 bits per heavy atom. The molecular weight excluding hydrogens is 580 g/mol. The van der Waals surface area contributed by atoms with Crippen molar-refractivity contribution in [2.24, 2.45) is 0 Å². The van der Waals surface area contributed by atoms with Crippen LogP contribution in [0.15, 0.2) is 29.1 Å². The molecule has 12 nitrogen and oxygen atoms in total. The van der Waals surface area contributed by atoms with Gasteiger partial charge in [0.05, 0.1) is 29.0 Å². The number of aliphatic hydroxyl groups is 1. The second-order valence-electron chi connectivity index (χ2n) is 12.0. The summed E-state index contributed by atoms with van der Waals surface area (Å²) in [5.74, 6) is -1.15. The molecule has 12 heteroatoms. The quantitative estimate of drug-likeness (QED) is 0.187. The number of rotatable bonds is 9. The standard InChI is InChI=1S/C33H38N4O8/c1-3-19-8-9-26(45-32(42)36-13-10-21(11-14-36)34-12-6-5-7-27(38)39)22-15-20-17-37-25(29(20)35-28(19)22)16-24-23(30(37)40)18-44-31(41)33(24,43)4-2/h8-9,15-16,21,34,43H,3-7,10-14,17-18H2,1-2H3,(H,38,39)/t33-/m0/s1. The number of piperidine rings is 1. The third-order valence-corrected chi connectivity index (χ3v) is 9.30. The molecule has 0 aliphatic carbocycles. The van der Waals surface area contributed by atoms with Crippen LogP contribution in [0.4, 0.5) is 4.79 Å². The predicted octanol–water partition coefficient (Wildman–Crippen LogP) is 3.45. The second-order valence-corrected chi connectivity index (χ2v) is 12.0. The Bertz CT molecular complexity index is 1740. The lowest BCUT2D eigenvalue weighted by Gasteiger charge is -2.32. The minimum Gasteiger partial charge on any atom is -0.481 e. The zero-order valence-electron chi connectivity index (χ0n) is 25.6. The van der Waals surface area contributed by atoms with Crippen LogP contribution in [0.1, 0.15) is 74.6 Å². The summed E-state index contributed by atoms with van der Waals surface area (Å²) in [6.45, 7) is 5.58. The number of cyclic esters (lactones) is 1. The zero-order valence-corrected chi connectivity index (χ0v) is 25.6. The number of hydrogen-bond donors (Lipinski definition) is 3. The van der Waals surface area contributed by atoms with Crippen LogP contribution in [0.5, 0.6) is 5.75 Å². The van der Waals surface area contributed by atoms with Crippen LogP contribution in [0.25, 0.3) is 22.3 Å².